The van der Waals surface area contributed by atoms with Crippen LogP contribution in [0.5, 0.6) is 0 Å². The van der Waals surface area contributed by atoms with Crippen molar-refractivity contribution in [1.29, 1.82) is 0 Å². The van der Waals surface area contributed by atoms with Gasteiger partial charge in [-0.3, -0.25) is 14.9 Å². The molecule has 32 heavy (non-hydrogen) atoms. The third kappa shape index (κ3) is 3.45. The van der Waals surface area contributed by atoms with Crippen molar-refractivity contribution in [3.63, 3.8) is 0 Å². The van der Waals surface area contributed by atoms with E-state index in [0.29, 0.717) is 29.1 Å². The molecule has 7 nitrogen and oxygen atoms in total. The Kier molecular flexibility index (Phi) is 4.62. The number of carbonyl (C=O) groups excluding carboxylic acids is 1. The molecular weight excluding hydrogens is 406 g/mol. The average Bonchev–Trinajstić information content (AvgIpc) is 3.16. The van der Waals surface area contributed by atoms with Crippen LogP contribution in [0.25, 0.3) is 11.3 Å². The molecule has 1 aliphatic heterocycles. The standard InChI is InChI=1S/C25H23N3O4/c1-25(2)13-18-23(20(29)14-25)24(27-17-9-5-4-8-16(17)26-18)22-12-11-21(32-22)15-7-3-6-10-19(15)28(30)31/h3-12,24,26-27H,13-14H2,1-2H3. The lowest BCUT2D eigenvalue weighted by atomic mass is 9.74. The fourth-order valence-electron chi connectivity index (χ4n) is 4.60. The summed E-state index contributed by atoms with van der Waals surface area (Å²) in [6.45, 7) is 4.18. The number of nitrogens with zero attached hydrogens (tertiary/aromatic N) is 1. The number of nitrogens with one attached hydrogen (secondary N) is 2. The van der Waals surface area contributed by atoms with Crippen molar-refractivity contribution in [2.45, 2.75) is 32.7 Å². The maximum atomic E-state index is 13.3. The summed E-state index contributed by atoms with van der Waals surface area (Å²) in [4.78, 5) is 24.3. The second-order valence-electron chi connectivity index (χ2n) is 9.06. The predicted molar refractivity (Wildman–Crippen MR) is 122 cm³/mol. The van der Waals surface area contributed by atoms with Crippen LogP contribution in [0.3, 0.4) is 0 Å². The van der Waals surface area contributed by atoms with Crippen molar-refractivity contribution in [1.82, 2.24) is 0 Å². The minimum atomic E-state index is -0.499. The molecule has 1 aliphatic carbocycles. The van der Waals surface area contributed by atoms with Gasteiger partial charge in [-0.05, 0) is 42.2 Å². The zero-order valence-electron chi connectivity index (χ0n) is 17.8. The van der Waals surface area contributed by atoms with E-state index < -0.39 is 11.0 Å². The molecule has 5 rings (SSSR count). The van der Waals surface area contributed by atoms with Crippen LogP contribution in [0, 0.1) is 15.5 Å². The van der Waals surface area contributed by atoms with Crippen LogP contribution < -0.4 is 10.6 Å². The van der Waals surface area contributed by atoms with E-state index in [4.69, 9.17) is 4.42 Å². The van der Waals surface area contributed by atoms with Crippen LogP contribution in [-0.4, -0.2) is 10.7 Å². The van der Waals surface area contributed by atoms with Gasteiger partial charge in [0.1, 0.15) is 17.6 Å². The van der Waals surface area contributed by atoms with Gasteiger partial charge in [-0.2, -0.15) is 0 Å². The minimum absolute atomic E-state index is 0.0235. The second kappa shape index (κ2) is 7.37. The summed E-state index contributed by atoms with van der Waals surface area (Å²) in [6.07, 6.45) is 1.18. The number of ketones is 1. The van der Waals surface area contributed by atoms with Crippen molar-refractivity contribution in [2.75, 3.05) is 10.6 Å². The fraction of sp³-hybridized carbons (Fsp3) is 0.240. The highest BCUT2D eigenvalue weighted by Gasteiger charge is 2.39. The van der Waals surface area contributed by atoms with Crippen molar-refractivity contribution >= 4 is 22.8 Å². The fourth-order valence-corrected chi connectivity index (χ4v) is 4.60. The molecule has 0 amide bonds. The molecule has 162 valence electrons. The zero-order valence-corrected chi connectivity index (χ0v) is 17.8. The first-order chi connectivity index (χ1) is 15.3. The Morgan fingerprint density at radius 3 is 2.50 bits per heavy atom. The number of anilines is 2. The number of allylic oxidation sites excluding steroid dienone is 1. The molecule has 0 fully saturated rings. The Hall–Kier alpha value is -3.87. The van der Waals surface area contributed by atoms with Crippen LogP contribution >= 0.6 is 0 Å². The van der Waals surface area contributed by atoms with E-state index in [1.807, 2.05) is 24.3 Å². The van der Waals surface area contributed by atoms with E-state index in [1.54, 1.807) is 30.3 Å². The molecule has 2 N–H and O–H groups in total. The van der Waals surface area contributed by atoms with Gasteiger partial charge in [0.25, 0.3) is 5.69 Å². The van der Waals surface area contributed by atoms with E-state index in [2.05, 4.69) is 24.5 Å². The van der Waals surface area contributed by atoms with Crippen molar-refractivity contribution in [3.8, 4) is 11.3 Å². The number of Topliss-reactive ketones (excluding diaryl/α,β-unsaturated/α-hetero) is 1. The van der Waals surface area contributed by atoms with E-state index >= 15 is 0 Å². The molecule has 0 saturated carbocycles. The lowest BCUT2D eigenvalue weighted by Gasteiger charge is -2.33. The monoisotopic (exact) mass is 429 g/mol. The molecule has 0 spiro atoms. The zero-order chi connectivity index (χ0) is 22.5. The topological polar surface area (TPSA) is 97.4 Å². The van der Waals surface area contributed by atoms with Crippen molar-refractivity contribution in [2.24, 2.45) is 5.41 Å². The van der Waals surface area contributed by atoms with Gasteiger partial charge in [-0.25, -0.2) is 0 Å². The number of carbonyl (C=O) groups is 1. The van der Waals surface area contributed by atoms with Gasteiger partial charge in [0.05, 0.1) is 21.9 Å². The minimum Gasteiger partial charge on any atom is -0.458 e. The van der Waals surface area contributed by atoms with Crippen molar-refractivity contribution < 1.29 is 14.1 Å². The van der Waals surface area contributed by atoms with Crippen LogP contribution in [0.2, 0.25) is 0 Å². The highest BCUT2D eigenvalue weighted by atomic mass is 16.6. The Morgan fingerprint density at radius 1 is 1.00 bits per heavy atom. The summed E-state index contributed by atoms with van der Waals surface area (Å²) >= 11 is 0. The molecule has 1 atom stereocenters. The van der Waals surface area contributed by atoms with Gasteiger partial charge in [0.15, 0.2) is 5.78 Å². The lowest BCUT2D eigenvalue weighted by Crippen LogP contribution is -2.31. The van der Waals surface area contributed by atoms with E-state index in [-0.39, 0.29) is 16.9 Å². The third-order valence-electron chi connectivity index (χ3n) is 6.00. The summed E-state index contributed by atoms with van der Waals surface area (Å²) in [5.41, 5.74) is 3.54. The van der Waals surface area contributed by atoms with Crippen LogP contribution in [-0.2, 0) is 4.79 Å². The van der Waals surface area contributed by atoms with E-state index in [9.17, 15) is 14.9 Å². The number of furan rings is 1. The van der Waals surface area contributed by atoms with E-state index in [0.717, 1.165) is 23.5 Å². The van der Waals surface area contributed by atoms with Gasteiger partial charge in [-0.1, -0.05) is 38.1 Å². The third-order valence-corrected chi connectivity index (χ3v) is 6.00. The summed E-state index contributed by atoms with van der Waals surface area (Å²) < 4.78 is 6.14. The predicted octanol–water partition coefficient (Wildman–Crippen LogP) is 6.08. The first-order valence-corrected chi connectivity index (χ1v) is 10.5. The highest BCUT2D eigenvalue weighted by Crippen LogP contribution is 2.46. The lowest BCUT2D eigenvalue weighted by molar-refractivity contribution is -0.384. The molecule has 2 aromatic carbocycles. The number of hydrogen-bond donors (Lipinski definition) is 2. The first kappa shape index (κ1) is 20.1. The Morgan fingerprint density at radius 2 is 1.72 bits per heavy atom. The van der Waals surface area contributed by atoms with Crippen LogP contribution in [0.4, 0.5) is 17.1 Å². The summed E-state index contributed by atoms with van der Waals surface area (Å²) in [5.74, 6) is 1.00. The maximum absolute atomic E-state index is 13.3. The average molecular weight is 429 g/mol. The number of rotatable bonds is 3. The van der Waals surface area contributed by atoms with Gasteiger partial charge in [-0.15, -0.1) is 0 Å². The normalized spacial score (nSPS) is 19.3. The number of nitro groups is 1. The second-order valence-corrected chi connectivity index (χ2v) is 9.06. The van der Waals surface area contributed by atoms with Crippen molar-refractivity contribution in [3.05, 3.63) is 87.8 Å². The Bertz CT molecular complexity index is 1270. The highest BCUT2D eigenvalue weighted by molar-refractivity contribution is 6.01. The maximum Gasteiger partial charge on any atom is 0.280 e. The summed E-state index contributed by atoms with van der Waals surface area (Å²) in [5, 5.41) is 18.4. The molecule has 3 aromatic rings. The molecule has 2 aliphatic rings. The smallest absolute Gasteiger partial charge is 0.280 e. The van der Waals surface area contributed by atoms with E-state index in [1.165, 1.54) is 6.07 Å². The Labute approximate surface area is 185 Å². The molecule has 0 radical (unpaired) electrons. The molecule has 1 aromatic heterocycles. The van der Waals surface area contributed by atoms with Gasteiger partial charge in [0.2, 0.25) is 0 Å². The first-order valence-electron chi connectivity index (χ1n) is 10.5. The number of para-hydroxylation sites is 3. The van der Waals surface area contributed by atoms with Crippen LogP contribution in [0.15, 0.2) is 76.4 Å². The molecule has 0 saturated heterocycles. The molecule has 7 heteroatoms. The molecule has 2 heterocycles. The number of fused-ring (bicyclic) bond motifs is 1. The Balaban J connectivity index is 1.62. The number of benzene rings is 2. The largest absolute Gasteiger partial charge is 0.458 e. The summed E-state index contributed by atoms with van der Waals surface area (Å²) in [7, 11) is 0. The summed E-state index contributed by atoms with van der Waals surface area (Å²) in [6, 6.07) is 17.3. The van der Waals surface area contributed by atoms with Gasteiger partial charge >= 0.3 is 0 Å². The number of nitro benzene ring substituents is 1. The molecule has 1 unspecified atom stereocenters. The van der Waals surface area contributed by atoms with Crippen LogP contribution in [0.1, 0.15) is 38.5 Å². The quantitative estimate of drug-likeness (QED) is 0.387. The SMILES string of the molecule is CC1(C)CC(=O)C2=C(C1)Nc1ccccc1NC2c1ccc(-c2ccccc2[N+](=O)[O-])o1. The van der Waals surface area contributed by atoms with Gasteiger partial charge in [0, 0.05) is 23.8 Å². The molecular formula is C25H23N3O4. The number of hydrogen-bond acceptors (Lipinski definition) is 6. The molecule has 0 bridgehead atoms. The van der Waals surface area contributed by atoms with Gasteiger partial charge < -0.3 is 15.1 Å².